The summed E-state index contributed by atoms with van der Waals surface area (Å²) in [5.41, 5.74) is 4.02. The van der Waals surface area contributed by atoms with Gasteiger partial charge in [-0.2, -0.15) is 0 Å². The van der Waals surface area contributed by atoms with E-state index in [4.69, 9.17) is 9.47 Å². The molecule has 1 atom stereocenters. The third-order valence-corrected chi connectivity index (χ3v) is 8.47. The number of ether oxygens (including phenoxy) is 2. The maximum absolute atomic E-state index is 13.3. The van der Waals surface area contributed by atoms with Gasteiger partial charge in [-0.3, -0.25) is 19.2 Å². The van der Waals surface area contributed by atoms with Crippen LogP contribution in [0.2, 0.25) is 0 Å². The number of aryl methyl sites for hydroxylation is 1. The number of methoxy groups -OCH3 is 1. The van der Waals surface area contributed by atoms with E-state index in [0.29, 0.717) is 17.2 Å². The summed E-state index contributed by atoms with van der Waals surface area (Å²) in [6, 6.07) is 15.1. The molecule has 1 amide bonds. The van der Waals surface area contributed by atoms with Gasteiger partial charge in [-0.15, -0.1) is 0 Å². The molecule has 4 heterocycles. The maximum Gasteiger partial charge on any atom is 0.414 e. The minimum Gasteiger partial charge on any atom is -0.465 e. The van der Waals surface area contributed by atoms with Gasteiger partial charge in [0, 0.05) is 49.7 Å². The number of anilines is 1. The van der Waals surface area contributed by atoms with Crippen LogP contribution in [0.1, 0.15) is 74.1 Å². The van der Waals surface area contributed by atoms with E-state index in [1.54, 1.807) is 50.8 Å². The molecule has 1 saturated heterocycles. The molecule has 0 spiro atoms. The molecule has 0 bridgehead atoms. The molecule has 44 heavy (non-hydrogen) atoms. The number of esters is 1. The number of likely N-dealkylation sites (tertiary alicyclic amines) is 1. The van der Waals surface area contributed by atoms with Crippen LogP contribution < -0.4 is 10.5 Å². The predicted octanol–water partition coefficient (Wildman–Crippen LogP) is 5.82. The van der Waals surface area contributed by atoms with Crippen molar-refractivity contribution in [3.8, 4) is 5.69 Å². The Balaban J connectivity index is 1.34. The zero-order valence-corrected chi connectivity index (χ0v) is 26.5. The first-order valence-corrected chi connectivity index (χ1v) is 14.9. The van der Waals surface area contributed by atoms with Crippen LogP contribution in [0.15, 0.2) is 65.7 Å². The Kier molecular flexibility index (Phi) is 8.65. The minimum atomic E-state index is -0.639. The van der Waals surface area contributed by atoms with E-state index in [2.05, 4.69) is 27.4 Å². The number of hydrogen-bond donors (Lipinski definition) is 0. The highest BCUT2D eigenvalue weighted by molar-refractivity contribution is 5.89. The topological polar surface area (TPSA) is 98.9 Å². The molecule has 10 heteroatoms. The van der Waals surface area contributed by atoms with Gasteiger partial charge in [-0.05, 0) is 95.4 Å². The summed E-state index contributed by atoms with van der Waals surface area (Å²) in [4.78, 5) is 46.1. The third kappa shape index (κ3) is 6.26. The molecule has 1 aliphatic heterocycles. The summed E-state index contributed by atoms with van der Waals surface area (Å²) in [5, 5.41) is 0.882. The number of pyridine rings is 2. The number of carbonyl (C=O) groups is 2. The summed E-state index contributed by atoms with van der Waals surface area (Å²) in [7, 11) is 5.00. The lowest BCUT2D eigenvalue weighted by atomic mass is 9.88. The molecule has 3 aromatic heterocycles. The van der Waals surface area contributed by atoms with E-state index in [0.717, 1.165) is 48.3 Å². The van der Waals surface area contributed by atoms with Crippen LogP contribution in [0.3, 0.4) is 0 Å². The zero-order chi connectivity index (χ0) is 31.8. The molecule has 1 aromatic carbocycles. The Labute approximate surface area is 257 Å². The summed E-state index contributed by atoms with van der Waals surface area (Å²) in [6.07, 6.45) is 4.93. The average Bonchev–Trinajstić information content (AvgIpc) is 3.35. The van der Waals surface area contributed by atoms with E-state index >= 15 is 0 Å². The van der Waals surface area contributed by atoms with Crippen LogP contribution in [0, 0.1) is 0 Å². The van der Waals surface area contributed by atoms with Crippen molar-refractivity contribution in [2.75, 3.05) is 32.1 Å². The summed E-state index contributed by atoms with van der Waals surface area (Å²) < 4.78 is 14.0. The quantitative estimate of drug-likeness (QED) is 0.258. The van der Waals surface area contributed by atoms with Gasteiger partial charge in [0.1, 0.15) is 11.2 Å². The highest BCUT2D eigenvalue weighted by Crippen LogP contribution is 2.34. The smallest absolute Gasteiger partial charge is 0.414 e. The van der Waals surface area contributed by atoms with Crippen molar-refractivity contribution in [1.29, 1.82) is 0 Å². The molecular formula is C34H41N5O5. The molecule has 0 N–H and O–H groups in total. The lowest BCUT2D eigenvalue weighted by Crippen LogP contribution is -2.35. The zero-order valence-electron chi connectivity index (χ0n) is 26.5. The lowest BCUT2D eigenvalue weighted by Gasteiger charge is -2.36. The number of hydrogen-bond acceptors (Lipinski definition) is 7. The van der Waals surface area contributed by atoms with E-state index in [9.17, 15) is 14.4 Å². The van der Waals surface area contributed by atoms with Crippen LogP contribution in [0.25, 0.3) is 16.7 Å². The van der Waals surface area contributed by atoms with Crippen molar-refractivity contribution in [3.05, 3.63) is 88.1 Å². The number of carbonyl (C=O) groups excluding carboxylic acids is 2. The van der Waals surface area contributed by atoms with E-state index in [-0.39, 0.29) is 17.6 Å². The van der Waals surface area contributed by atoms with Crippen LogP contribution in [-0.4, -0.2) is 63.9 Å². The van der Waals surface area contributed by atoms with Crippen LogP contribution in [0.5, 0.6) is 0 Å². The average molecular weight is 600 g/mol. The first-order valence-electron chi connectivity index (χ1n) is 14.9. The molecule has 10 nitrogen and oxygen atoms in total. The molecule has 4 aromatic rings. The number of fused-ring (bicyclic) bond motifs is 1. The standard InChI is InChI=1S/C34H41N5O5/c1-22(38-17-13-24(14-18-38)23-8-10-25(11-9-23)32(41)43-7)29-21-27-28(12-16-35-31(27)37(29)6)39-19-15-26(20-30(39)40)36(5)33(42)44-34(2,3)4/h8-12,15-16,19-22,24H,13-14,17-18H2,1-7H3/t22-/m0/s1. The second kappa shape index (κ2) is 12.3. The van der Waals surface area contributed by atoms with Crippen LogP contribution in [-0.2, 0) is 16.5 Å². The Morgan fingerprint density at radius 1 is 1.05 bits per heavy atom. The van der Waals surface area contributed by atoms with Crippen LogP contribution >= 0.6 is 0 Å². The minimum absolute atomic E-state index is 0.145. The lowest BCUT2D eigenvalue weighted by molar-refractivity contribution is 0.0583. The highest BCUT2D eigenvalue weighted by atomic mass is 16.6. The molecule has 0 saturated carbocycles. The van der Waals surface area contributed by atoms with Gasteiger partial charge in [0.2, 0.25) is 0 Å². The van der Waals surface area contributed by atoms with Crippen molar-refractivity contribution < 1.29 is 19.1 Å². The Hall–Kier alpha value is -4.44. The fourth-order valence-corrected chi connectivity index (χ4v) is 5.96. The number of benzene rings is 1. The number of piperidine rings is 1. The van der Waals surface area contributed by atoms with Gasteiger partial charge >= 0.3 is 12.1 Å². The van der Waals surface area contributed by atoms with E-state index in [1.165, 1.54) is 23.6 Å². The predicted molar refractivity (Wildman–Crippen MR) is 171 cm³/mol. The molecule has 1 aliphatic rings. The highest BCUT2D eigenvalue weighted by Gasteiger charge is 2.27. The number of aromatic nitrogens is 3. The number of rotatable bonds is 6. The van der Waals surface area contributed by atoms with Crippen molar-refractivity contribution in [2.24, 2.45) is 7.05 Å². The second-order valence-electron chi connectivity index (χ2n) is 12.4. The Morgan fingerprint density at radius 3 is 2.34 bits per heavy atom. The maximum atomic E-state index is 13.3. The molecular weight excluding hydrogens is 558 g/mol. The van der Waals surface area contributed by atoms with Gasteiger partial charge in [0.05, 0.1) is 24.0 Å². The summed E-state index contributed by atoms with van der Waals surface area (Å²) in [6.45, 7) is 9.51. The third-order valence-electron chi connectivity index (χ3n) is 8.47. The van der Waals surface area contributed by atoms with Crippen LogP contribution in [0.4, 0.5) is 10.5 Å². The normalized spacial score (nSPS) is 15.2. The Bertz CT molecular complexity index is 1730. The van der Waals surface area contributed by atoms with Gasteiger partial charge < -0.3 is 14.0 Å². The van der Waals surface area contributed by atoms with E-state index < -0.39 is 11.7 Å². The number of amides is 1. The van der Waals surface area contributed by atoms with Crippen molar-refractivity contribution in [2.45, 2.75) is 58.1 Å². The molecule has 0 radical (unpaired) electrons. The molecule has 1 fully saturated rings. The van der Waals surface area contributed by atoms with Gasteiger partial charge in [0.15, 0.2) is 0 Å². The first-order chi connectivity index (χ1) is 20.9. The summed E-state index contributed by atoms with van der Waals surface area (Å²) >= 11 is 0. The fourth-order valence-electron chi connectivity index (χ4n) is 5.96. The monoisotopic (exact) mass is 599 g/mol. The summed E-state index contributed by atoms with van der Waals surface area (Å²) in [5.74, 6) is 0.121. The molecule has 0 aliphatic carbocycles. The largest absolute Gasteiger partial charge is 0.465 e. The second-order valence-corrected chi connectivity index (χ2v) is 12.4. The number of nitrogens with zero attached hydrogens (tertiary/aromatic N) is 5. The van der Waals surface area contributed by atoms with Gasteiger partial charge in [0.25, 0.3) is 5.56 Å². The Morgan fingerprint density at radius 2 is 1.73 bits per heavy atom. The van der Waals surface area contributed by atoms with Crippen molar-refractivity contribution in [1.82, 2.24) is 19.0 Å². The van der Waals surface area contributed by atoms with Gasteiger partial charge in [-0.1, -0.05) is 12.1 Å². The van der Waals surface area contributed by atoms with Gasteiger partial charge in [-0.25, -0.2) is 14.6 Å². The first kappa shape index (κ1) is 31.0. The molecule has 0 unspecified atom stereocenters. The fraction of sp³-hybridized carbons (Fsp3) is 0.412. The van der Waals surface area contributed by atoms with Crippen molar-refractivity contribution in [3.63, 3.8) is 0 Å². The van der Waals surface area contributed by atoms with E-state index in [1.807, 2.05) is 37.4 Å². The van der Waals surface area contributed by atoms with Crippen molar-refractivity contribution >= 4 is 28.8 Å². The molecule has 5 rings (SSSR count). The molecule has 232 valence electrons. The SMILES string of the molecule is COC(=O)c1ccc(C2CCN([C@@H](C)c3cc4c(-n5ccc(N(C)C(=O)OC(C)(C)C)cc5=O)ccnc4n3C)CC2)cc1.